The maximum Gasteiger partial charge on any atom is 0.191 e. The molecule has 6 heteroatoms. The summed E-state index contributed by atoms with van der Waals surface area (Å²) in [7, 11) is 1.85. The van der Waals surface area contributed by atoms with Crippen LogP contribution in [-0.4, -0.2) is 15.9 Å². The molecule has 2 rings (SSSR count). The van der Waals surface area contributed by atoms with E-state index in [1.807, 2.05) is 30.7 Å². The van der Waals surface area contributed by atoms with Crippen molar-refractivity contribution in [2.24, 2.45) is 12.1 Å². The van der Waals surface area contributed by atoms with Gasteiger partial charge < -0.3 is 9.88 Å². The van der Waals surface area contributed by atoms with E-state index in [0.29, 0.717) is 16.7 Å². The van der Waals surface area contributed by atoms with Crippen molar-refractivity contribution in [2.45, 2.75) is 26.7 Å². The highest BCUT2D eigenvalue weighted by molar-refractivity contribution is 7.80. The number of aromatic nitrogens is 1. The molecule has 2 N–H and O–H groups in total. The van der Waals surface area contributed by atoms with Crippen LogP contribution in [0.1, 0.15) is 42.3 Å². The standard InChI is InChI=1S/C18H21N5S/c1-12(2)14-5-7-16(8-6-14)21-18(24)22-20-11-15-9-17(10-19)23(4)13(15)3/h5-9,11-12H,1-4H3,(H2,21,22,24)/b20-11-. The minimum absolute atomic E-state index is 0.414. The first-order valence-electron chi connectivity index (χ1n) is 7.68. The molecule has 0 aliphatic carbocycles. The van der Waals surface area contributed by atoms with Gasteiger partial charge in [0.2, 0.25) is 0 Å². The SMILES string of the molecule is Cc1c(/C=N\NC(=S)Nc2ccc(C(C)C)cc2)cc(C#N)n1C. The molecule has 0 bridgehead atoms. The van der Waals surface area contributed by atoms with Gasteiger partial charge in [0.05, 0.1) is 6.21 Å². The van der Waals surface area contributed by atoms with Gasteiger partial charge in [-0.15, -0.1) is 0 Å². The van der Waals surface area contributed by atoms with E-state index in [2.05, 4.69) is 47.9 Å². The van der Waals surface area contributed by atoms with Gasteiger partial charge in [-0.25, -0.2) is 0 Å². The molecule has 0 unspecified atom stereocenters. The molecule has 0 aliphatic heterocycles. The zero-order valence-corrected chi connectivity index (χ0v) is 15.1. The zero-order valence-electron chi connectivity index (χ0n) is 14.3. The van der Waals surface area contributed by atoms with Crippen molar-refractivity contribution < 1.29 is 0 Å². The van der Waals surface area contributed by atoms with Gasteiger partial charge >= 0.3 is 0 Å². The number of hydrogen-bond acceptors (Lipinski definition) is 3. The summed E-state index contributed by atoms with van der Waals surface area (Å²) >= 11 is 5.23. The lowest BCUT2D eigenvalue weighted by Crippen LogP contribution is -2.23. The van der Waals surface area contributed by atoms with Gasteiger partial charge in [0.1, 0.15) is 11.8 Å². The van der Waals surface area contributed by atoms with Gasteiger partial charge in [-0.05, 0) is 48.8 Å². The second-order valence-electron chi connectivity index (χ2n) is 5.84. The summed E-state index contributed by atoms with van der Waals surface area (Å²) in [6.45, 7) is 6.26. The number of thiocarbonyl (C=S) groups is 1. The van der Waals surface area contributed by atoms with Gasteiger partial charge in [0.25, 0.3) is 0 Å². The molecule has 0 saturated heterocycles. The largest absolute Gasteiger partial charge is 0.339 e. The highest BCUT2D eigenvalue weighted by Gasteiger charge is 2.06. The van der Waals surface area contributed by atoms with E-state index >= 15 is 0 Å². The zero-order chi connectivity index (χ0) is 17.7. The van der Waals surface area contributed by atoms with Crippen molar-refractivity contribution in [1.29, 1.82) is 5.26 Å². The van der Waals surface area contributed by atoms with E-state index in [9.17, 15) is 0 Å². The molecule has 0 aliphatic rings. The topological polar surface area (TPSA) is 65.1 Å². The Hall–Kier alpha value is -2.65. The molecule has 0 fully saturated rings. The maximum absolute atomic E-state index is 9.03. The molecule has 0 atom stereocenters. The normalized spacial score (nSPS) is 10.8. The molecule has 124 valence electrons. The average Bonchev–Trinajstić information content (AvgIpc) is 2.83. The Balaban J connectivity index is 1.94. The van der Waals surface area contributed by atoms with Gasteiger partial charge in [-0.1, -0.05) is 26.0 Å². The summed E-state index contributed by atoms with van der Waals surface area (Å²) in [5.41, 5.74) is 7.43. The lowest BCUT2D eigenvalue weighted by Gasteiger charge is -2.09. The van der Waals surface area contributed by atoms with Crippen LogP contribution in [0.5, 0.6) is 0 Å². The molecule has 24 heavy (non-hydrogen) atoms. The second-order valence-corrected chi connectivity index (χ2v) is 6.25. The van der Waals surface area contributed by atoms with Crippen LogP contribution in [-0.2, 0) is 7.05 Å². The number of rotatable bonds is 4. The molecule has 0 spiro atoms. The maximum atomic E-state index is 9.03. The third-order valence-corrected chi connectivity index (χ3v) is 4.09. The Morgan fingerprint density at radius 3 is 2.54 bits per heavy atom. The van der Waals surface area contributed by atoms with Crippen molar-refractivity contribution >= 4 is 29.2 Å². The number of hydrogen-bond donors (Lipinski definition) is 2. The molecule has 1 heterocycles. The molecular formula is C18H21N5S. The smallest absolute Gasteiger partial charge is 0.191 e. The van der Waals surface area contributed by atoms with Crippen LogP contribution in [0.15, 0.2) is 35.4 Å². The van der Waals surface area contributed by atoms with Gasteiger partial charge in [0, 0.05) is 24.0 Å². The number of nitrogens with zero attached hydrogens (tertiary/aromatic N) is 3. The first kappa shape index (κ1) is 17.7. The fourth-order valence-electron chi connectivity index (χ4n) is 2.23. The highest BCUT2D eigenvalue weighted by Crippen LogP contribution is 2.17. The van der Waals surface area contributed by atoms with E-state index in [-0.39, 0.29) is 0 Å². The van der Waals surface area contributed by atoms with Crippen molar-refractivity contribution in [3.05, 3.63) is 52.8 Å². The number of benzene rings is 1. The Kier molecular flexibility index (Phi) is 5.72. The summed E-state index contributed by atoms with van der Waals surface area (Å²) in [6.07, 6.45) is 1.66. The predicted molar refractivity (Wildman–Crippen MR) is 102 cm³/mol. The number of nitrogens with one attached hydrogen (secondary N) is 2. The summed E-state index contributed by atoms with van der Waals surface area (Å²) in [5.74, 6) is 0.501. The Morgan fingerprint density at radius 1 is 1.33 bits per heavy atom. The average molecular weight is 339 g/mol. The van der Waals surface area contributed by atoms with E-state index in [0.717, 1.165) is 16.9 Å². The molecule has 1 aromatic heterocycles. The minimum atomic E-state index is 0.414. The van der Waals surface area contributed by atoms with Crippen molar-refractivity contribution in [2.75, 3.05) is 5.32 Å². The molecule has 2 aromatic rings. The van der Waals surface area contributed by atoms with Crippen LogP contribution in [0.2, 0.25) is 0 Å². The Bertz CT molecular complexity index is 794. The van der Waals surface area contributed by atoms with Crippen LogP contribution < -0.4 is 10.7 Å². The molecular weight excluding hydrogens is 318 g/mol. The van der Waals surface area contributed by atoms with Crippen molar-refractivity contribution in [3.63, 3.8) is 0 Å². The summed E-state index contributed by atoms with van der Waals surface area (Å²) in [5, 5.41) is 16.7. The molecule has 5 nitrogen and oxygen atoms in total. The van der Waals surface area contributed by atoms with E-state index in [1.54, 1.807) is 12.3 Å². The van der Waals surface area contributed by atoms with Gasteiger partial charge in [-0.2, -0.15) is 10.4 Å². The van der Waals surface area contributed by atoms with Crippen molar-refractivity contribution in [1.82, 2.24) is 9.99 Å². The minimum Gasteiger partial charge on any atom is -0.339 e. The van der Waals surface area contributed by atoms with Crippen LogP contribution >= 0.6 is 12.2 Å². The van der Waals surface area contributed by atoms with Crippen LogP contribution in [0.4, 0.5) is 5.69 Å². The van der Waals surface area contributed by atoms with Gasteiger partial charge in [-0.3, -0.25) is 5.43 Å². The Morgan fingerprint density at radius 2 is 2.00 bits per heavy atom. The van der Waals surface area contributed by atoms with Crippen molar-refractivity contribution in [3.8, 4) is 6.07 Å². The summed E-state index contributed by atoms with van der Waals surface area (Å²) in [6, 6.07) is 12.1. The quantitative estimate of drug-likeness (QED) is 0.507. The monoisotopic (exact) mass is 339 g/mol. The fourth-order valence-corrected chi connectivity index (χ4v) is 2.40. The van der Waals surface area contributed by atoms with E-state index in [1.165, 1.54) is 5.56 Å². The number of anilines is 1. The first-order valence-corrected chi connectivity index (χ1v) is 8.09. The lowest BCUT2D eigenvalue weighted by atomic mass is 10.0. The lowest BCUT2D eigenvalue weighted by molar-refractivity contribution is 0.865. The van der Waals surface area contributed by atoms with Crippen LogP contribution in [0, 0.1) is 18.3 Å². The predicted octanol–water partition coefficient (Wildman–Crippen LogP) is 3.65. The summed E-state index contributed by atoms with van der Waals surface area (Å²) in [4.78, 5) is 0. The van der Waals surface area contributed by atoms with Gasteiger partial charge in [0.15, 0.2) is 5.11 Å². The summed E-state index contributed by atoms with van der Waals surface area (Å²) < 4.78 is 1.83. The Labute approximate surface area is 148 Å². The molecule has 0 saturated carbocycles. The van der Waals surface area contributed by atoms with Crippen LogP contribution in [0.3, 0.4) is 0 Å². The fraction of sp³-hybridized carbons (Fsp3) is 0.278. The highest BCUT2D eigenvalue weighted by atomic mass is 32.1. The third-order valence-electron chi connectivity index (χ3n) is 3.89. The van der Waals surface area contributed by atoms with E-state index < -0.39 is 0 Å². The first-order chi connectivity index (χ1) is 11.4. The number of nitriles is 1. The second kappa shape index (κ2) is 7.75. The number of hydrazone groups is 1. The molecule has 1 aromatic carbocycles. The molecule has 0 radical (unpaired) electrons. The van der Waals surface area contributed by atoms with Crippen LogP contribution in [0.25, 0.3) is 0 Å². The molecule has 0 amide bonds. The van der Waals surface area contributed by atoms with E-state index in [4.69, 9.17) is 17.5 Å². The third kappa shape index (κ3) is 4.21.